The third-order valence-corrected chi connectivity index (χ3v) is 3.47. The Morgan fingerprint density at radius 1 is 1.40 bits per heavy atom. The van der Waals surface area contributed by atoms with Crippen LogP contribution in [0.15, 0.2) is 0 Å². The fourth-order valence-corrected chi connectivity index (χ4v) is 2.35. The zero-order valence-corrected chi connectivity index (χ0v) is 7.52. The van der Waals surface area contributed by atoms with Gasteiger partial charge in [-0.1, -0.05) is 6.92 Å². The average molecular weight is 156 g/mol. The highest BCUT2D eigenvalue weighted by atomic mass is 32.2. The Balaban J connectivity index is 2.55. The first-order valence-corrected chi connectivity index (χ1v) is 4.89. The molecule has 0 aromatic rings. The van der Waals surface area contributed by atoms with E-state index in [4.69, 9.17) is 12.6 Å². The number of ether oxygens (including phenoxy) is 1. The van der Waals surface area contributed by atoms with Crippen molar-refractivity contribution in [2.75, 3.05) is 6.26 Å². The maximum atomic E-state index is 5.73. The molecule has 1 aliphatic rings. The first-order chi connectivity index (χ1) is 4.66. The largest absolute Gasteiger partial charge is 0.384 e. The molecule has 1 fully saturated rings. The first-order valence-electron chi connectivity index (χ1n) is 3.60. The van der Waals surface area contributed by atoms with E-state index >= 15 is 0 Å². The molecule has 1 heterocycles. The molecule has 0 saturated carbocycles. The van der Waals surface area contributed by atoms with E-state index in [2.05, 4.69) is 20.1 Å². The summed E-state index contributed by atoms with van der Waals surface area (Å²) in [7, 11) is 5.73. The van der Waals surface area contributed by atoms with Crippen LogP contribution in [0.25, 0.3) is 0 Å². The van der Waals surface area contributed by atoms with Crippen LogP contribution < -0.4 is 0 Å². The number of rotatable bonds is 1. The molecular weight excluding hydrogens is 143 g/mol. The smallest absolute Gasteiger partial charge is 0.110 e. The molecule has 0 spiro atoms. The highest BCUT2D eigenvalue weighted by Gasteiger charge is 2.35. The molecule has 1 aliphatic heterocycles. The van der Waals surface area contributed by atoms with E-state index in [1.807, 2.05) is 0 Å². The van der Waals surface area contributed by atoms with Gasteiger partial charge in [0.1, 0.15) is 7.85 Å². The molecule has 2 radical (unpaired) electrons. The van der Waals surface area contributed by atoms with Gasteiger partial charge < -0.3 is 4.74 Å². The molecule has 1 nitrogen and oxygen atoms in total. The lowest BCUT2D eigenvalue weighted by Crippen LogP contribution is -2.21. The number of thioether (sulfide) groups is 1. The van der Waals surface area contributed by atoms with E-state index in [0.717, 1.165) is 0 Å². The Bertz CT molecular complexity index is 120. The summed E-state index contributed by atoms with van der Waals surface area (Å²) in [6.45, 7) is 4.28. The van der Waals surface area contributed by atoms with Gasteiger partial charge in [-0.15, -0.1) is 0 Å². The highest BCUT2D eigenvalue weighted by molar-refractivity contribution is 7.99. The normalized spacial score (nSPS) is 47.9. The van der Waals surface area contributed by atoms with E-state index in [1.165, 1.54) is 0 Å². The van der Waals surface area contributed by atoms with Gasteiger partial charge in [-0.05, 0) is 19.1 Å². The van der Waals surface area contributed by atoms with Gasteiger partial charge in [0.2, 0.25) is 0 Å². The SMILES string of the molecule is [B][C@H]1O[C@@H](C)[C@@H](C)[C@H]1SC. The average Bonchev–Trinajstić information content (AvgIpc) is 2.09. The van der Waals surface area contributed by atoms with Crippen LogP contribution in [-0.4, -0.2) is 31.5 Å². The van der Waals surface area contributed by atoms with E-state index in [0.29, 0.717) is 17.3 Å². The van der Waals surface area contributed by atoms with Gasteiger partial charge in [-0.2, -0.15) is 11.8 Å². The van der Waals surface area contributed by atoms with Crippen molar-refractivity contribution in [1.82, 2.24) is 0 Å². The van der Waals surface area contributed by atoms with Crippen LogP contribution in [0.5, 0.6) is 0 Å². The Hall–Kier alpha value is 0.375. The van der Waals surface area contributed by atoms with Gasteiger partial charge in [0, 0.05) is 11.3 Å². The predicted molar refractivity (Wildman–Crippen MR) is 46.6 cm³/mol. The molecular formula is C7H13BOS. The fourth-order valence-electron chi connectivity index (χ4n) is 1.36. The van der Waals surface area contributed by atoms with Gasteiger partial charge in [0.05, 0.1) is 6.10 Å². The molecule has 0 aromatic heterocycles. The standard InChI is InChI=1S/C7H13BOS/c1-4-5(2)9-7(8)6(4)10-3/h4-7H,1-3H3/t4-,5+,6-,7+/m1/s1. The first kappa shape index (κ1) is 8.47. The third kappa shape index (κ3) is 1.35. The third-order valence-electron chi connectivity index (χ3n) is 2.23. The summed E-state index contributed by atoms with van der Waals surface area (Å²) >= 11 is 1.80. The minimum Gasteiger partial charge on any atom is -0.384 e. The van der Waals surface area contributed by atoms with E-state index in [-0.39, 0.29) is 6.00 Å². The molecule has 1 rings (SSSR count). The maximum Gasteiger partial charge on any atom is 0.110 e. The van der Waals surface area contributed by atoms with Gasteiger partial charge in [0.25, 0.3) is 0 Å². The molecule has 3 heteroatoms. The fraction of sp³-hybridized carbons (Fsp3) is 1.00. The summed E-state index contributed by atoms with van der Waals surface area (Å²) in [5.74, 6) is 0.588. The van der Waals surface area contributed by atoms with E-state index in [9.17, 15) is 0 Å². The van der Waals surface area contributed by atoms with Gasteiger partial charge in [0.15, 0.2) is 0 Å². The molecule has 0 unspecified atom stereocenters. The zero-order chi connectivity index (χ0) is 7.72. The Morgan fingerprint density at radius 2 is 2.00 bits per heavy atom. The molecule has 10 heavy (non-hydrogen) atoms. The lowest BCUT2D eigenvalue weighted by molar-refractivity contribution is 0.0886. The van der Waals surface area contributed by atoms with Crippen LogP contribution in [-0.2, 0) is 4.74 Å². The lowest BCUT2D eigenvalue weighted by Gasteiger charge is -2.14. The highest BCUT2D eigenvalue weighted by Crippen LogP contribution is 2.32. The van der Waals surface area contributed by atoms with Crippen LogP contribution >= 0.6 is 11.8 Å². The van der Waals surface area contributed by atoms with Crippen molar-refractivity contribution in [1.29, 1.82) is 0 Å². The van der Waals surface area contributed by atoms with Crippen molar-refractivity contribution < 1.29 is 4.74 Å². The molecule has 0 aliphatic carbocycles. The summed E-state index contributed by atoms with van der Waals surface area (Å²) in [5, 5.41) is 0.481. The van der Waals surface area contributed by atoms with Crippen LogP contribution in [0, 0.1) is 5.92 Å². The molecule has 0 aromatic carbocycles. The molecule has 0 bridgehead atoms. The monoisotopic (exact) mass is 156 g/mol. The van der Waals surface area contributed by atoms with Crippen LogP contribution in [0.1, 0.15) is 13.8 Å². The summed E-state index contributed by atoms with van der Waals surface area (Å²) in [4.78, 5) is 0. The van der Waals surface area contributed by atoms with Crippen LogP contribution in [0.4, 0.5) is 0 Å². The Morgan fingerprint density at radius 3 is 2.20 bits per heavy atom. The molecule has 0 N–H and O–H groups in total. The summed E-state index contributed by atoms with van der Waals surface area (Å²) in [6.07, 6.45) is 2.41. The van der Waals surface area contributed by atoms with Crippen molar-refractivity contribution in [3.05, 3.63) is 0 Å². The summed E-state index contributed by atoms with van der Waals surface area (Å²) in [5.41, 5.74) is 0. The summed E-state index contributed by atoms with van der Waals surface area (Å²) < 4.78 is 5.43. The van der Waals surface area contributed by atoms with E-state index in [1.54, 1.807) is 11.8 Å². The number of hydrogen-bond acceptors (Lipinski definition) is 2. The van der Waals surface area contributed by atoms with Crippen LogP contribution in [0.2, 0.25) is 0 Å². The van der Waals surface area contributed by atoms with Crippen molar-refractivity contribution in [3.63, 3.8) is 0 Å². The molecule has 1 saturated heterocycles. The topological polar surface area (TPSA) is 9.23 Å². The van der Waals surface area contributed by atoms with Gasteiger partial charge >= 0.3 is 0 Å². The van der Waals surface area contributed by atoms with Crippen molar-refractivity contribution >= 4 is 19.6 Å². The Kier molecular flexibility index (Phi) is 2.70. The lowest BCUT2D eigenvalue weighted by atomic mass is 9.91. The second kappa shape index (κ2) is 3.18. The number of hydrogen-bond donors (Lipinski definition) is 0. The van der Waals surface area contributed by atoms with Crippen LogP contribution in [0.3, 0.4) is 0 Å². The molecule has 0 amide bonds. The molecule has 56 valence electrons. The summed E-state index contributed by atoms with van der Waals surface area (Å²) in [6, 6.07) is -0.0556. The van der Waals surface area contributed by atoms with Crippen molar-refractivity contribution in [2.45, 2.75) is 31.2 Å². The van der Waals surface area contributed by atoms with E-state index < -0.39 is 0 Å². The second-order valence-electron chi connectivity index (χ2n) is 2.87. The predicted octanol–water partition coefficient (Wildman–Crippen LogP) is 1.27. The van der Waals surface area contributed by atoms with Crippen molar-refractivity contribution in [3.8, 4) is 0 Å². The van der Waals surface area contributed by atoms with Gasteiger partial charge in [-0.3, -0.25) is 0 Å². The minimum atomic E-state index is -0.0556. The second-order valence-corrected chi connectivity index (χ2v) is 3.88. The van der Waals surface area contributed by atoms with Crippen molar-refractivity contribution in [2.24, 2.45) is 5.92 Å². The zero-order valence-electron chi connectivity index (χ0n) is 6.70. The molecule has 4 atom stereocenters. The Labute approximate surface area is 68.3 Å². The quantitative estimate of drug-likeness (QED) is 0.528. The maximum absolute atomic E-state index is 5.73. The minimum absolute atomic E-state index is 0.0556. The van der Waals surface area contributed by atoms with Gasteiger partial charge in [-0.25, -0.2) is 0 Å².